The molecule has 0 atom stereocenters. The molecule has 4 nitrogen and oxygen atoms in total. The van der Waals surface area contributed by atoms with Crippen LogP contribution in [0.5, 0.6) is 11.5 Å². The van der Waals surface area contributed by atoms with E-state index in [1.807, 2.05) is 51.1 Å². The number of carbonyl (C=O) groups excluding carboxylic acids is 1. The SMILES string of the molecule is CCOc1cccc(C(=O)Nc2ccccc2OC(C)C)c1. The molecule has 22 heavy (non-hydrogen) atoms. The van der Waals surface area contributed by atoms with Crippen LogP contribution in [0.4, 0.5) is 5.69 Å². The first kappa shape index (κ1) is 15.9. The predicted octanol–water partition coefficient (Wildman–Crippen LogP) is 4.12. The lowest BCUT2D eigenvalue weighted by Crippen LogP contribution is -2.14. The number of hydrogen-bond donors (Lipinski definition) is 1. The van der Waals surface area contributed by atoms with Crippen molar-refractivity contribution in [1.82, 2.24) is 0 Å². The molecule has 0 fully saturated rings. The van der Waals surface area contributed by atoms with Gasteiger partial charge < -0.3 is 14.8 Å². The molecular weight excluding hydrogens is 278 g/mol. The highest BCUT2D eigenvalue weighted by Crippen LogP contribution is 2.25. The first-order chi connectivity index (χ1) is 10.6. The summed E-state index contributed by atoms with van der Waals surface area (Å²) in [5.41, 5.74) is 1.20. The van der Waals surface area contributed by atoms with Gasteiger partial charge in [0.15, 0.2) is 0 Å². The van der Waals surface area contributed by atoms with Crippen molar-refractivity contribution in [1.29, 1.82) is 0 Å². The number of hydrogen-bond acceptors (Lipinski definition) is 3. The first-order valence-corrected chi connectivity index (χ1v) is 7.40. The number of ether oxygens (including phenoxy) is 2. The minimum absolute atomic E-state index is 0.0411. The van der Waals surface area contributed by atoms with Crippen molar-refractivity contribution in [2.24, 2.45) is 0 Å². The summed E-state index contributed by atoms with van der Waals surface area (Å²) >= 11 is 0. The highest BCUT2D eigenvalue weighted by Gasteiger charge is 2.11. The number of amides is 1. The second kappa shape index (κ2) is 7.50. The Morgan fingerprint density at radius 3 is 2.64 bits per heavy atom. The molecule has 0 bridgehead atoms. The monoisotopic (exact) mass is 299 g/mol. The standard InChI is InChI=1S/C18H21NO3/c1-4-21-15-9-7-8-14(12-15)18(20)19-16-10-5-6-11-17(16)22-13(2)3/h5-13H,4H2,1-3H3,(H,19,20). The number of anilines is 1. The molecule has 0 saturated heterocycles. The van der Waals surface area contributed by atoms with Crippen molar-refractivity contribution in [3.63, 3.8) is 0 Å². The second-order valence-corrected chi connectivity index (χ2v) is 5.08. The summed E-state index contributed by atoms with van der Waals surface area (Å²) in [4.78, 5) is 12.4. The third kappa shape index (κ3) is 4.25. The Labute approximate surface area is 131 Å². The lowest BCUT2D eigenvalue weighted by Gasteiger charge is -2.15. The van der Waals surface area contributed by atoms with Gasteiger partial charge in [0.25, 0.3) is 5.91 Å². The lowest BCUT2D eigenvalue weighted by atomic mass is 10.2. The largest absolute Gasteiger partial charge is 0.494 e. The van der Waals surface area contributed by atoms with Crippen LogP contribution in [-0.4, -0.2) is 18.6 Å². The molecule has 1 amide bonds. The molecule has 0 spiro atoms. The van der Waals surface area contributed by atoms with E-state index in [-0.39, 0.29) is 12.0 Å². The molecule has 4 heteroatoms. The molecule has 0 heterocycles. The minimum Gasteiger partial charge on any atom is -0.494 e. The van der Waals surface area contributed by atoms with Crippen molar-refractivity contribution in [3.8, 4) is 11.5 Å². The van der Waals surface area contributed by atoms with E-state index in [9.17, 15) is 4.79 Å². The van der Waals surface area contributed by atoms with Crippen LogP contribution in [0.15, 0.2) is 48.5 Å². The Balaban J connectivity index is 2.17. The maximum Gasteiger partial charge on any atom is 0.255 e. The molecule has 0 saturated carbocycles. The Kier molecular flexibility index (Phi) is 5.42. The molecule has 0 unspecified atom stereocenters. The third-order valence-corrected chi connectivity index (χ3v) is 2.91. The zero-order valence-corrected chi connectivity index (χ0v) is 13.1. The summed E-state index contributed by atoms with van der Waals surface area (Å²) in [5.74, 6) is 1.15. The van der Waals surface area contributed by atoms with Crippen LogP contribution in [-0.2, 0) is 0 Å². The first-order valence-electron chi connectivity index (χ1n) is 7.40. The van der Waals surface area contributed by atoms with Crippen molar-refractivity contribution in [3.05, 3.63) is 54.1 Å². The van der Waals surface area contributed by atoms with Gasteiger partial charge in [0.1, 0.15) is 11.5 Å². The topological polar surface area (TPSA) is 47.6 Å². The van der Waals surface area contributed by atoms with Gasteiger partial charge in [-0.2, -0.15) is 0 Å². The maximum absolute atomic E-state index is 12.4. The molecule has 2 aromatic rings. The average molecular weight is 299 g/mol. The van der Waals surface area contributed by atoms with E-state index in [0.717, 1.165) is 0 Å². The van der Waals surface area contributed by atoms with Crippen LogP contribution in [0, 0.1) is 0 Å². The van der Waals surface area contributed by atoms with E-state index in [1.54, 1.807) is 18.2 Å². The van der Waals surface area contributed by atoms with Crippen molar-refractivity contribution >= 4 is 11.6 Å². The van der Waals surface area contributed by atoms with Gasteiger partial charge in [0.2, 0.25) is 0 Å². The van der Waals surface area contributed by atoms with Gasteiger partial charge in [-0.05, 0) is 51.1 Å². The van der Waals surface area contributed by atoms with E-state index in [0.29, 0.717) is 29.4 Å². The number of nitrogens with one attached hydrogen (secondary N) is 1. The third-order valence-electron chi connectivity index (χ3n) is 2.91. The van der Waals surface area contributed by atoms with Crippen LogP contribution in [0.25, 0.3) is 0 Å². The smallest absolute Gasteiger partial charge is 0.255 e. The quantitative estimate of drug-likeness (QED) is 0.872. The van der Waals surface area contributed by atoms with Crippen LogP contribution >= 0.6 is 0 Å². The summed E-state index contributed by atoms with van der Waals surface area (Å²) in [7, 11) is 0. The fraction of sp³-hybridized carbons (Fsp3) is 0.278. The minimum atomic E-state index is -0.193. The van der Waals surface area contributed by atoms with Crippen molar-refractivity contribution < 1.29 is 14.3 Å². The van der Waals surface area contributed by atoms with Crippen LogP contribution in [0.1, 0.15) is 31.1 Å². The molecule has 2 rings (SSSR count). The Morgan fingerprint density at radius 2 is 1.91 bits per heavy atom. The normalized spacial score (nSPS) is 10.4. The van der Waals surface area contributed by atoms with Gasteiger partial charge in [-0.25, -0.2) is 0 Å². The van der Waals surface area contributed by atoms with Gasteiger partial charge in [-0.1, -0.05) is 18.2 Å². The summed E-state index contributed by atoms with van der Waals surface area (Å²) in [6, 6.07) is 14.5. The summed E-state index contributed by atoms with van der Waals surface area (Å²) in [5, 5.41) is 2.88. The van der Waals surface area contributed by atoms with E-state index < -0.39 is 0 Å². The fourth-order valence-electron chi connectivity index (χ4n) is 2.01. The van der Waals surface area contributed by atoms with E-state index in [1.165, 1.54) is 0 Å². The van der Waals surface area contributed by atoms with Gasteiger partial charge in [-0.15, -0.1) is 0 Å². The molecule has 0 aliphatic carbocycles. The number of para-hydroxylation sites is 2. The van der Waals surface area contributed by atoms with Gasteiger partial charge >= 0.3 is 0 Å². The van der Waals surface area contributed by atoms with Crippen molar-refractivity contribution in [2.75, 3.05) is 11.9 Å². The van der Waals surface area contributed by atoms with Gasteiger partial charge in [0.05, 0.1) is 18.4 Å². The highest BCUT2D eigenvalue weighted by atomic mass is 16.5. The van der Waals surface area contributed by atoms with Gasteiger partial charge in [-0.3, -0.25) is 4.79 Å². The van der Waals surface area contributed by atoms with Crippen LogP contribution in [0.3, 0.4) is 0 Å². The van der Waals surface area contributed by atoms with E-state index >= 15 is 0 Å². The fourth-order valence-corrected chi connectivity index (χ4v) is 2.01. The van der Waals surface area contributed by atoms with Gasteiger partial charge in [0, 0.05) is 5.56 Å². The number of rotatable bonds is 6. The van der Waals surface area contributed by atoms with E-state index in [2.05, 4.69) is 5.32 Å². The van der Waals surface area contributed by atoms with Crippen molar-refractivity contribution in [2.45, 2.75) is 26.9 Å². The van der Waals surface area contributed by atoms with Crippen LogP contribution < -0.4 is 14.8 Å². The molecule has 0 aliphatic heterocycles. The number of carbonyl (C=O) groups is 1. The molecular formula is C18H21NO3. The van der Waals surface area contributed by atoms with E-state index in [4.69, 9.17) is 9.47 Å². The Morgan fingerprint density at radius 1 is 1.14 bits per heavy atom. The summed E-state index contributed by atoms with van der Waals surface area (Å²) < 4.78 is 11.1. The molecule has 0 aromatic heterocycles. The molecule has 1 N–H and O–H groups in total. The summed E-state index contributed by atoms with van der Waals surface area (Å²) in [6.07, 6.45) is 0.0411. The molecule has 116 valence electrons. The highest BCUT2D eigenvalue weighted by molar-refractivity contribution is 6.05. The molecule has 0 radical (unpaired) electrons. The zero-order valence-electron chi connectivity index (χ0n) is 13.1. The zero-order chi connectivity index (χ0) is 15.9. The average Bonchev–Trinajstić information content (AvgIpc) is 2.49. The molecule has 0 aliphatic rings. The van der Waals surface area contributed by atoms with Crippen LogP contribution in [0.2, 0.25) is 0 Å². The Bertz CT molecular complexity index is 638. The second-order valence-electron chi connectivity index (χ2n) is 5.08. The Hall–Kier alpha value is -2.49. The molecule has 2 aromatic carbocycles. The lowest BCUT2D eigenvalue weighted by molar-refractivity contribution is 0.102. The number of benzene rings is 2. The summed E-state index contributed by atoms with van der Waals surface area (Å²) in [6.45, 7) is 6.37. The predicted molar refractivity (Wildman–Crippen MR) is 87.8 cm³/mol. The maximum atomic E-state index is 12.4.